The zero-order valence-electron chi connectivity index (χ0n) is 15.6. The number of hydrogen-bond donors (Lipinski definition) is 1. The van der Waals surface area contributed by atoms with Gasteiger partial charge in [0, 0.05) is 27.9 Å². The van der Waals surface area contributed by atoms with Crippen molar-refractivity contribution in [3.8, 4) is 11.5 Å². The van der Waals surface area contributed by atoms with Crippen LogP contribution in [-0.2, 0) is 5.66 Å². The molecule has 144 valence electrons. The Balaban J connectivity index is 1.89. The second kappa shape index (κ2) is 6.60. The third kappa shape index (κ3) is 3.85. The summed E-state index contributed by atoms with van der Waals surface area (Å²) in [4.78, 5) is 12.8. The van der Waals surface area contributed by atoms with E-state index in [0.29, 0.717) is 5.56 Å². The zero-order chi connectivity index (χ0) is 20.7. The number of carbonyl (C=O) groups is 1. The first-order valence-corrected chi connectivity index (χ1v) is 12.0. The van der Waals surface area contributed by atoms with Gasteiger partial charge in [0.15, 0.2) is 5.78 Å². The molecule has 0 bridgehead atoms. The Kier molecular flexibility index (Phi) is 4.67. The highest BCUT2D eigenvalue weighted by atomic mass is 28.3. The molecule has 8 heteroatoms. The first-order chi connectivity index (χ1) is 12.9. The number of rotatable bonds is 3. The van der Waals surface area contributed by atoms with Gasteiger partial charge in [0.25, 0.3) is 0 Å². The fourth-order valence-electron chi connectivity index (χ4n) is 2.54. The maximum atomic E-state index is 13.1. The Bertz CT molecular complexity index is 1020. The van der Waals surface area contributed by atoms with E-state index in [0.717, 1.165) is 0 Å². The van der Waals surface area contributed by atoms with E-state index in [9.17, 15) is 18.0 Å². The maximum absolute atomic E-state index is 13.1. The highest BCUT2D eigenvalue weighted by Crippen LogP contribution is 2.52. The first-order valence-electron chi connectivity index (χ1n) is 8.52. The minimum atomic E-state index is -4.60. The van der Waals surface area contributed by atoms with Crippen LogP contribution in [0.15, 0.2) is 52.7 Å². The fraction of sp³-hybridized carbons (Fsp3) is 0.250. The van der Waals surface area contributed by atoms with Crippen molar-refractivity contribution >= 4 is 19.5 Å². The second-order valence-electron chi connectivity index (χ2n) is 7.58. The van der Waals surface area contributed by atoms with E-state index < -0.39 is 19.9 Å². The molecule has 2 N–H and O–H groups in total. The second-order valence-corrected chi connectivity index (χ2v) is 12.3. The van der Waals surface area contributed by atoms with E-state index in [1.165, 1.54) is 24.3 Å². The molecule has 1 aliphatic heterocycles. The van der Waals surface area contributed by atoms with Crippen molar-refractivity contribution in [2.24, 2.45) is 10.2 Å². The molecule has 2 aromatic rings. The topological polar surface area (TPSA) is 67.8 Å². The molecule has 4 nitrogen and oxygen atoms in total. The molecule has 3 rings (SSSR count). The SMILES string of the molecule is C[Si](C)(C)C#Cc1ccc(N)c(C(=O)c2ccc(C3(C(F)(F)F)N=N3)cc2)c1. The Morgan fingerprint density at radius 3 is 2.18 bits per heavy atom. The minimum Gasteiger partial charge on any atom is -0.398 e. The predicted octanol–water partition coefficient (Wildman–Crippen LogP) is 4.91. The molecule has 1 aliphatic rings. The van der Waals surface area contributed by atoms with Crippen molar-refractivity contribution in [3.63, 3.8) is 0 Å². The molecule has 0 aromatic heterocycles. The molecule has 0 aliphatic carbocycles. The molecule has 0 fully saturated rings. The number of carbonyl (C=O) groups excluding carboxylic acids is 1. The van der Waals surface area contributed by atoms with Crippen LogP contribution >= 0.6 is 0 Å². The maximum Gasteiger partial charge on any atom is 0.442 e. The monoisotopic (exact) mass is 401 g/mol. The normalized spacial score (nSPS) is 14.9. The van der Waals surface area contributed by atoms with Crippen LogP contribution in [0.1, 0.15) is 27.0 Å². The van der Waals surface area contributed by atoms with Gasteiger partial charge < -0.3 is 5.73 Å². The number of halogens is 3. The van der Waals surface area contributed by atoms with Crippen LogP contribution in [0.3, 0.4) is 0 Å². The highest BCUT2D eigenvalue weighted by molar-refractivity contribution is 6.83. The van der Waals surface area contributed by atoms with Gasteiger partial charge >= 0.3 is 11.8 Å². The lowest BCUT2D eigenvalue weighted by atomic mass is 9.96. The van der Waals surface area contributed by atoms with E-state index in [2.05, 4.69) is 41.3 Å². The first kappa shape index (κ1) is 19.8. The number of anilines is 1. The third-order valence-electron chi connectivity index (χ3n) is 4.12. The predicted molar refractivity (Wildman–Crippen MR) is 104 cm³/mol. The number of hydrogen-bond acceptors (Lipinski definition) is 4. The summed E-state index contributed by atoms with van der Waals surface area (Å²) in [5, 5.41) is 6.31. The van der Waals surface area contributed by atoms with Gasteiger partial charge in [-0.05, 0) is 18.2 Å². The number of benzene rings is 2. The Labute approximate surface area is 161 Å². The lowest BCUT2D eigenvalue weighted by Crippen LogP contribution is -2.30. The van der Waals surface area contributed by atoms with Crippen molar-refractivity contribution in [2.75, 3.05) is 5.73 Å². The van der Waals surface area contributed by atoms with Crippen LogP contribution in [0.5, 0.6) is 0 Å². The number of nitrogens with two attached hydrogens (primary N) is 1. The molecule has 28 heavy (non-hydrogen) atoms. The van der Waals surface area contributed by atoms with Crippen LogP contribution in [0.4, 0.5) is 18.9 Å². The summed E-state index contributed by atoms with van der Waals surface area (Å²) in [5.41, 5.74) is 7.97. The largest absolute Gasteiger partial charge is 0.442 e. The minimum absolute atomic E-state index is 0.126. The number of alkyl halides is 3. The Morgan fingerprint density at radius 2 is 1.68 bits per heavy atom. The highest BCUT2D eigenvalue weighted by Gasteiger charge is 2.65. The summed E-state index contributed by atoms with van der Waals surface area (Å²) >= 11 is 0. The van der Waals surface area contributed by atoms with Gasteiger partial charge in [-0.1, -0.05) is 49.8 Å². The Morgan fingerprint density at radius 1 is 1.07 bits per heavy atom. The van der Waals surface area contributed by atoms with Gasteiger partial charge in [0.1, 0.15) is 8.07 Å². The number of nitrogen functional groups attached to an aromatic ring is 1. The summed E-state index contributed by atoms with van der Waals surface area (Å²) in [7, 11) is -1.58. The van der Waals surface area contributed by atoms with Gasteiger partial charge in [0.2, 0.25) is 0 Å². The summed E-state index contributed by atoms with van der Waals surface area (Å²) in [6.07, 6.45) is -4.60. The summed E-state index contributed by atoms with van der Waals surface area (Å²) in [6.45, 7) is 6.32. The summed E-state index contributed by atoms with van der Waals surface area (Å²) in [6, 6.07) is 10.0. The molecule has 0 saturated carbocycles. The van der Waals surface area contributed by atoms with Gasteiger partial charge in [0.05, 0.1) is 0 Å². The molecule has 0 spiro atoms. The lowest BCUT2D eigenvalue weighted by Gasteiger charge is -2.15. The fourth-order valence-corrected chi connectivity index (χ4v) is 3.06. The van der Waals surface area contributed by atoms with Crippen molar-refractivity contribution in [1.29, 1.82) is 0 Å². The average molecular weight is 401 g/mol. The standard InChI is InChI=1S/C20H18F3N3OSi/c1-28(2,3)11-10-13-4-9-17(24)16(12-13)18(27)14-5-7-15(8-6-14)19(25-26-19)20(21,22)23/h4-9,12H,24H2,1-3H3. The van der Waals surface area contributed by atoms with Crippen LogP contribution in [-0.4, -0.2) is 20.0 Å². The van der Waals surface area contributed by atoms with E-state index in [1.54, 1.807) is 18.2 Å². The van der Waals surface area contributed by atoms with E-state index in [1.807, 2.05) is 0 Å². The molecular formula is C20H18F3N3OSi. The number of ketones is 1. The van der Waals surface area contributed by atoms with Crippen molar-refractivity contribution in [2.45, 2.75) is 31.5 Å². The van der Waals surface area contributed by atoms with E-state index >= 15 is 0 Å². The van der Waals surface area contributed by atoms with E-state index in [4.69, 9.17) is 5.73 Å². The van der Waals surface area contributed by atoms with Gasteiger partial charge in [-0.25, -0.2) is 0 Å². The quantitative estimate of drug-likeness (QED) is 0.344. The van der Waals surface area contributed by atoms with Crippen molar-refractivity contribution in [1.82, 2.24) is 0 Å². The van der Waals surface area contributed by atoms with Crippen LogP contribution in [0.2, 0.25) is 19.6 Å². The van der Waals surface area contributed by atoms with Gasteiger partial charge in [-0.3, -0.25) is 4.79 Å². The molecule has 0 radical (unpaired) electrons. The van der Waals surface area contributed by atoms with Crippen LogP contribution < -0.4 is 5.73 Å². The van der Waals surface area contributed by atoms with Crippen LogP contribution in [0, 0.1) is 11.5 Å². The zero-order valence-corrected chi connectivity index (χ0v) is 16.6. The van der Waals surface area contributed by atoms with Crippen molar-refractivity contribution in [3.05, 3.63) is 64.7 Å². The van der Waals surface area contributed by atoms with Crippen LogP contribution in [0.25, 0.3) is 0 Å². The van der Waals surface area contributed by atoms with Gasteiger partial charge in [-0.2, -0.15) is 13.2 Å². The lowest BCUT2D eigenvalue weighted by molar-refractivity contribution is -0.166. The smallest absolute Gasteiger partial charge is 0.398 e. The molecular weight excluding hydrogens is 383 g/mol. The molecule has 0 unspecified atom stereocenters. The van der Waals surface area contributed by atoms with Crippen molar-refractivity contribution < 1.29 is 18.0 Å². The van der Waals surface area contributed by atoms with Gasteiger partial charge in [-0.15, -0.1) is 15.8 Å². The van der Waals surface area contributed by atoms with E-state index in [-0.39, 0.29) is 28.2 Å². The third-order valence-corrected chi connectivity index (χ3v) is 5.00. The molecule has 0 amide bonds. The number of nitrogens with zero attached hydrogens (tertiary/aromatic N) is 2. The average Bonchev–Trinajstić information content (AvgIpc) is 3.42. The Hall–Kier alpha value is -2.92. The summed E-state index contributed by atoms with van der Waals surface area (Å²) in [5.74, 6) is 2.68. The molecule has 0 saturated heterocycles. The summed E-state index contributed by atoms with van der Waals surface area (Å²) < 4.78 is 39.2. The molecule has 1 heterocycles. The molecule has 0 atom stereocenters. The molecule has 2 aromatic carbocycles.